The molecular formula is C19H17F3N4O5. The van der Waals surface area contributed by atoms with Gasteiger partial charge in [0.15, 0.2) is 0 Å². The molecule has 2 aromatic rings. The van der Waals surface area contributed by atoms with Gasteiger partial charge in [-0.15, -0.1) is 0 Å². The Kier molecular flexibility index (Phi) is 7.14. The SMILES string of the molecule is COCCCn1c(O)c(C=Nc2ccc(C(F)(F)F)cc2[N+](=O)[O-])c(C)c(C#N)c1=O. The molecule has 0 saturated carbocycles. The van der Waals surface area contributed by atoms with Gasteiger partial charge in [-0.25, -0.2) is 4.99 Å². The van der Waals surface area contributed by atoms with Crippen molar-refractivity contribution in [2.45, 2.75) is 26.1 Å². The first kappa shape index (κ1) is 23.6. The number of pyridine rings is 1. The van der Waals surface area contributed by atoms with E-state index in [0.717, 1.165) is 16.8 Å². The number of nitrogens with zero attached hydrogens (tertiary/aromatic N) is 4. The number of ether oxygens (including phenoxy) is 1. The molecule has 1 aromatic heterocycles. The van der Waals surface area contributed by atoms with Crippen LogP contribution in [0, 0.1) is 28.4 Å². The number of nitro benzene ring substituents is 1. The predicted molar refractivity (Wildman–Crippen MR) is 104 cm³/mol. The average Bonchev–Trinajstić information content (AvgIpc) is 2.70. The van der Waals surface area contributed by atoms with Crippen LogP contribution in [0.1, 0.15) is 28.7 Å². The standard InChI is InChI=1S/C19H17F3N4O5/c1-11-13(9-23)17(27)25(6-3-7-31-2)18(28)14(11)10-24-15-5-4-12(19(20,21)22)8-16(15)26(29)30/h4-5,8,10,28H,3,6-7H2,1-2H3. The van der Waals surface area contributed by atoms with E-state index in [0.29, 0.717) is 18.6 Å². The first-order chi connectivity index (χ1) is 14.5. The third-order valence-electron chi connectivity index (χ3n) is 4.41. The first-order valence-electron chi connectivity index (χ1n) is 8.78. The minimum absolute atomic E-state index is 0.0226. The zero-order valence-corrected chi connectivity index (χ0v) is 16.4. The number of hydrogen-bond acceptors (Lipinski definition) is 7. The number of halogens is 3. The lowest BCUT2D eigenvalue weighted by molar-refractivity contribution is -0.384. The molecule has 0 spiro atoms. The Balaban J connectivity index is 2.60. The number of rotatable bonds is 7. The Morgan fingerprint density at radius 2 is 2.10 bits per heavy atom. The van der Waals surface area contributed by atoms with Crippen LogP contribution in [-0.2, 0) is 17.5 Å². The zero-order chi connectivity index (χ0) is 23.3. The van der Waals surface area contributed by atoms with Gasteiger partial charge in [0, 0.05) is 32.5 Å². The van der Waals surface area contributed by atoms with E-state index in [1.807, 2.05) is 0 Å². The van der Waals surface area contributed by atoms with Crippen LogP contribution in [-0.4, -0.2) is 34.5 Å². The quantitative estimate of drug-likeness (QED) is 0.305. The molecule has 2 rings (SSSR count). The molecule has 0 aliphatic rings. The highest BCUT2D eigenvalue weighted by molar-refractivity contribution is 5.88. The third kappa shape index (κ3) is 5.07. The lowest BCUT2D eigenvalue weighted by Crippen LogP contribution is -2.26. The molecule has 12 heteroatoms. The molecule has 0 bridgehead atoms. The Labute approximate surface area is 173 Å². The summed E-state index contributed by atoms with van der Waals surface area (Å²) in [4.78, 5) is 26.5. The van der Waals surface area contributed by atoms with Crippen molar-refractivity contribution in [2.75, 3.05) is 13.7 Å². The molecule has 1 aromatic carbocycles. The van der Waals surface area contributed by atoms with Gasteiger partial charge in [-0.05, 0) is 31.0 Å². The van der Waals surface area contributed by atoms with E-state index in [2.05, 4.69) is 4.99 Å². The third-order valence-corrected chi connectivity index (χ3v) is 4.41. The van der Waals surface area contributed by atoms with Crippen LogP contribution in [0.3, 0.4) is 0 Å². The Morgan fingerprint density at radius 1 is 1.42 bits per heavy atom. The zero-order valence-electron chi connectivity index (χ0n) is 16.4. The van der Waals surface area contributed by atoms with Crippen molar-refractivity contribution in [1.82, 2.24) is 4.57 Å². The van der Waals surface area contributed by atoms with Gasteiger partial charge in [0.25, 0.3) is 11.2 Å². The van der Waals surface area contributed by atoms with Gasteiger partial charge in [-0.3, -0.25) is 19.5 Å². The normalized spacial score (nSPS) is 11.6. The number of methoxy groups -OCH3 is 1. The average molecular weight is 438 g/mol. The highest BCUT2D eigenvalue weighted by atomic mass is 19.4. The molecule has 9 nitrogen and oxygen atoms in total. The Morgan fingerprint density at radius 3 is 2.65 bits per heavy atom. The molecule has 31 heavy (non-hydrogen) atoms. The summed E-state index contributed by atoms with van der Waals surface area (Å²) in [5.74, 6) is -0.532. The summed E-state index contributed by atoms with van der Waals surface area (Å²) >= 11 is 0. The molecule has 0 amide bonds. The lowest BCUT2D eigenvalue weighted by atomic mass is 10.1. The van der Waals surface area contributed by atoms with Crippen molar-refractivity contribution in [1.29, 1.82) is 5.26 Å². The number of aliphatic imine (C=N–C) groups is 1. The van der Waals surface area contributed by atoms with Crippen molar-refractivity contribution in [3.8, 4) is 11.9 Å². The summed E-state index contributed by atoms with van der Waals surface area (Å²) in [6.07, 6.45) is -3.46. The maximum Gasteiger partial charge on any atom is 0.416 e. The van der Waals surface area contributed by atoms with Gasteiger partial charge in [0.2, 0.25) is 5.88 Å². The van der Waals surface area contributed by atoms with E-state index in [1.54, 1.807) is 6.07 Å². The second-order valence-electron chi connectivity index (χ2n) is 6.37. The smallest absolute Gasteiger partial charge is 0.416 e. The van der Waals surface area contributed by atoms with Crippen molar-refractivity contribution < 1.29 is 27.9 Å². The van der Waals surface area contributed by atoms with Gasteiger partial charge in [-0.1, -0.05) is 0 Å². The van der Waals surface area contributed by atoms with E-state index in [1.165, 1.54) is 14.0 Å². The lowest BCUT2D eigenvalue weighted by Gasteiger charge is -2.13. The van der Waals surface area contributed by atoms with E-state index in [9.17, 15) is 38.4 Å². The highest BCUT2D eigenvalue weighted by Gasteiger charge is 2.33. The monoisotopic (exact) mass is 438 g/mol. The van der Waals surface area contributed by atoms with Gasteiger partial charge >= 0.3 is 6.18 Å². The molecular weight excluding hydrogens is 421 g/mol. The summed E-state index contributed by atoms with van der Waals surface area (Å²) in [5.41, 5.74) is -3.49. The second-order valence-corrected chi connectivity index (χ2v) is 6.37. The van der Waals surface area contributed by atoms with E-state index >= 15 is 0 Å². The fourth-order valence-corrected chi connectivity index (χ4v) is 2.79. The molecule has 164 valence electrons. The van der Waals surface area contributed by atoms with E-state index in [4.69, 9.17) is 4.74 Å². The maximum atomic E-state index is 12.8. The molecule has 0 atom stereocenters. The fourth-order valence-electron chi connectivity index (χ4n) is 2.79. The molecule has 0 unspecified atom stereocenters. The van der Waals surface area contributed by atoms with Crippen LogP contribution in [0.4, 0.5) is 24.5 Å². The van der Waals surface area contributed by atoms with Crippen molar-refractivity contribution >= 4 is 17.6 Å². The largest absolute Gasteiger partial charge is 0.494 e. The van der Waals surface area contributed by atoms with Gasteiger partial charge in [0.1, 0.15) is 17.3 Å². The molecule has 0 fully saturated rings. The molecule has 1 N–H and O–H groups in total. The van der Waals surface area contributed by atoms with Crippen LogP contribution < -0.4 is 5.56 Å². The number of aromatic hydroxyl groups is 1. The Bertz CT molecular complexity index is 1130. The van der Waals surface area contributed by atoms with Crippen LogP contribution in [0.25, 0.3) is 0 Å². The second kappa shape index (κ2) is 9.40. The topological polar surface area (TPSA) is 131 Å². The maximum absolute atomic E-state index is 12.8. The molecule has 0 radical (unpaired) electrons. The summed E-state index contributed by atoms with van der Waals surface area (Å²) in [5, 5.41) is 31.0. The number of benzene rings is 1. The van der Waals surface area contributed by atoms with Crippen molar-refractivity contribution in [3.05, 3.63) is 60.9 Å². The minimum atomic E-state index is -4.78. The molecule has 0 saturated heterocycles. The first-order valence-corrected chi connectivity index (χ1v) is 8.78. The summed E-state index contributed by atoms with van der Waals surface area (Å²) in [6, 6.07) is 3.56. The van der Waals surface area contributed by atoms with Crippen LogP contribution in [0.2, 0.25) is 0 Å². The molecule has 0 aliphatic carbocycles. The fraction of sp³-hybridized carbons (Fsp3) is 0.316. The molecule has 0 aliphatic heterocycles. The molecule has 1 heterocycles. The number of alkyl halides is 3. The minimum Gasteiger partial charge on any atom is -0.494 e. The van der Waals surface area contributed by atoms with Crippen LogP contribution in [0.15, 0.2) is 28.0 Å². The van der Waals surface area contributed by atoms with Gasteiger partial charge < -0.3 is 9.84 Å². The number of aromatic nitrogens is 1. The van der Waals surface area contributed by atoms with Crippen LogP contribution >= 0.6 is 0 Å². The number of hydrogen-bond donors (Lipinski definition) is 1. The van der Waals surface area contributed by atoms with Crippen molar-refractivity contribution in [2.24, 2.45) is 4.99 Å². The number of nitriles is 1. The van der Waals surface area contributed by atoms with Crippen molar-refractivity contribution in [3.63, 3.8) is 0 Å². The van der Waals surface area contributed by atoms with E-state index < -0.39 is 39.5 Å². The van der Waals surface area contributed by atoms with Crippen LogP contribution in [0.5, 0.6) is 5.88 Å². The predicted octanol–water partition coefficient (Wildman–Crippen LogP) is 3.45. The summed E-state index contributed by atoms with van der Waals surface area (Å²) in [6.45, 7) is 1.68. The highest BCUT2D eigenvalue weighted by Crippen LogP contribution is 2.36. The van der Waals surface area contributed by atoms with Gasteiger partial charge in [-0.2, -0.15) is 18.4 Å². The Hall–Kier alpha value is -3.72. The number of nitro groups is 1. The summed E-state index contributed by atoms with van der Waals surface area (Å²) < 4.78 is 44.4. The summed E-state index contributed by atoms with van der Waals surface area (Å²) in [7, 11) is 1.45. The van der Waals surface area contributed by atoms with Gasteiger partial charge in [0.05, 0.1) is 16.1 Å². The van der Waals surface area contributed by atoms with E-state index in [-0.39, 0.29) is 29.8 Å².